The lowest BCUT2D eigenvalue weighted by Crippen LogP contribution is -2.39. The molecule has 0 bridgehead atoms. The summed E-state index contributed by atoms with van der Waals surface area (Å²) >= 11 is 1.72. The predicted octanol–water partition coefficient (Wildman–Crippen LogP) is 3.81. The lowest BCUT2D eigenvalue weighted by molar-refractivity contribution is -0.118. The minimum absolute atomic E-state index is 0.114. The van der Waals surface area contributed by atoms with Crippen LogP contribution in [0.25, 0.3) is 10.2 Å². The molecule has 4 nitrogen and oxygen atoms in total. The SMILES string of the molecule is CC(C)[C@H](N)C(=O)Nc1ccc(Cc2nc3ccccc3s2)cc1. The van der Waals surface area contributed by atoms with E-state index in [9.17, 15) is 4.79 Å². The number of para-hydroxylation sites is 1. The number of carbonyl (C=O) groups is 1. The Kier molecular flexibility index (Phi) is 4.92. The van der Waals surface area contributed by atoms with Gasteiger partial charge in [0.1, 0.15) is 0 Å². The monoisotopic (exact) mass is 339 g/mol. The highest BCUT2D eigenvalue weighted by atomic mass is 32.1. The molecule has 1 amide bonds. The molecule has 1 heterocycles. The quantitative estimate of drug-likeness (QED) is 0.743. The molecule has 3 rings (SSSR count). The van der Waals surface area contributed by atoms with Crippen molar-refractivity contribution in [3.63, 3.8) is 0 Å². The summed E-state index contributed by atoms with van der Waals surface area (Å²) in [6.07, 6.45) is 0.791. The second-order valence-electron chi connectivity index (χ2n) is 6.21. The Labute approximate surface area is 145 Å². The fraction of sp³-hybridized carbons (Fsp3) is 0.263. The van der Waals surface area contributed by atoms with Crippen LogP contribution in [0.3, 0.4) is 0 Å². The van der Waals surface area contributed by atoms with Crippen molar-refractivity contribution in [3.8, 4) is 0 Å². The molecule has 0 radical (unpaired) electrons. The van der Waals surface area contributed by atoms with Gasteiger partial charge in [-0.2, -0.15) is 0 Å². The summed E-state index contributed by atoms with van der Waals surface area (Å²) in [6, 6.07) is 15.5. The van der Waals surface area contributed by atoms with Crippen LogP contribution in [0.1, 0.15) is 24.4 Å². The first-order valence-corrected chi connectivity index (χ1v) is 8.84. The highest BCUT2D eigenvalue weighted by molar-refractivity contribution is 7.18. The summed E-state index contributed by atoms with van der Waals surface area (Å²) in [7, 11) is 0. The summed E-state index contributed by atoms with van der Waals surface area (Å²) in [5.41, 5.74) is 8.84. The molecule has 5 heteroatoms. The van der Waals surface area contributed by atoms with E-state index in [1.807, 2.05) is 56.3 Å². The van der Waals surface area contributed by atoms with Gasteiger partial charge in [-0.1, -0.05) is 38.1 Å². The second-order valence-corrected chi connectivity index (χ2v) is 7.32. The number of rotatable bonds is 5. The maximum atomic E-state index is 12.0. The topological polar surface area (TPSA) is 68.0 Å². The number of amides is 1. The van der Waals surface area contributed by atoms with E-state index in [4.69, 9.17) is 5.73 Å². The smallest absolute Gasteiger partial charge is 0.241 e. The van der Waals surface area contributed by atoms with Crippen LogP contribution in [-0.4, -0.2) is 16.9 Å². The zero-order valence-electron chi connectivity index (χ0n) is 13.8. The van der Waals surface area contributed by atoms with Gasteiger partial charge < -0.3 is 11.1 Å². The molecule has 3 N–H and O–H groups in total. The van der Waals surface area contributed by atoms with Gasteiger partial charge in [0, 0.05) is 12.1 Å². The normalized spacial score (nSPS) is 12.5. The zero-order chi connectivity index (χ0) is 17.1. The average Bonchev–Trinajstić information content (AvgIpc) is 2.98. The fourth-order valence-electron chi connectivity index (χ4n) is 2.40. The van der Waals surface area contributed by atoms with E-state index in [0.717, 1.165) is 22.6 Å². The zero-order valence-corrected chi connectivity index (χ0v) is 14.6. The van der Waals surface area contributed by atoms with Gasteiger partial charge in [0.2, 0.25) is 5.91 Å². The first kappa shape index (κ1) is 16.6. The Bertz CT molecular complexity index is 806. The second kappa shape index (κ2) is 7.11. The molecule has 2 aromatic carbocycles. The number of carbonyl (C=O) groups excluding carboxylic acids is 1. The third-order valence-electron chi connectivity index (χ3n) is 3.94. The minimum Gasteiger partial charge on any atom is -0.325 e. The molecule has 0 spiro atoms. The van der Waals surface area contributed by atoms with E-state index in [0.29, 0.717) is 0 Å². The van der Waals surface area contributed by atoms with Crippen molar-refractivity contribution in [1.29, 1.82) is 0 Å². The fourth-order valence-corrected chi connectivity index (χ4v) is 3.41. The van der Waals surface area contributed by atoms with Crippen LogP contribution in [0.5, 0.6) is 0 Å². The number of fused-ring (bicyclic) bond motifs is 1. The number of aromatic nitrogens is 1. The highest BCUT2D eigenvalue weighted by Crippen LogP contribution is 2.24. The molecule has 24 heavy (non-hydrogen) atoms. The van der Waals surface area contributed by atoms with Gasteiger partial charge in [-0.15, -0.1) is 11.3 Å². The summed E-state index contributed by atoms with van der Waals surface area (Å²) in [6.45, 7) is 3.87. The number of nitrogens with one attached hydrogen (secondary N) is 1. The molecule has 1 atom stereocenters. The van der Waals surface area contributed by atoms with Gasteiger partial charge in [0.25, 0.3) is 0 Å². The van der Waals surface area contributed by atoms with E-state index in [1.165, 1.54) is 10.3 Å². The van der Waals surface area contributed by atoms with Crippen molar-refractivity contribution < 1.29 is 4.79 Å². The van der Waals surface area contributed by atoms with Crippen LogP contribution in [0.2, 0.25) is 0 Å². The van der Waals surface area contributed by atoms with E-state index in [2.05, 4.69) is 16.4 Å². The number of hydrogen-bond acceptors (Lipinski definition) is 4. The lowest BCUT2D eigenvalue weighted by atomic mass is 10.0. The number of nitrogens with two attached hydrogens (primary N) is 1. The van der Waals surface area contributed by atoms with Crippen LogP contribution in [0.4, 0.5) is 5.69 Å². The minimum atomic E-state index is -0.493. The Hall–Kier alpha value is -2.24. The van der Waals surface area contributed by atoms with Crippen molar-refractivity contribution in [1.82, 2.24) is 4.98 Å². The Morgan fingerprint density at radius 3 is 2.54 bits per heavy atom. The summed E-state index contributed by atoms with van der Waals surface area (Å²) in [5, 5.41) is 3.95. The molecule has 0 aliphatic rings. The Morgan fingerprint density at radius 2 is 1.88 bits per heavy atom. The van der Waals surface area contributed by atoms with E-state index < -0.39 is 6.04 Å². The van der Waals surface area contributed by atoms with Crippen LogP contribution < -0.4 is 11.1 Å². The Morgan fingerprint density at radius 1 is 1.17 bits per heavy atom. The van der Waals surface area contributed by atoms with Gasteiger partial charge in [0.05, 0.1) is 21.3 Å². The number of thiazole rings is 1. The molecule has 3 aromatic rings. The number of benzene rings is 2. The third kappa shape index (κ3) is 3.80. The van der Waals surface area contributed by atoms with Gasteiger partial charge in [-0.25, -0.2) is 4.98 Å². The van der Waals surface area contributed by atoms with E-state index in [1.54, 1.807) is 11.3 Å². The van der Waals surface area contributed by atoms with Crippen LogP contribution in [0, 0.1) is 5.92 Å². The van der Waals surface area contributed by atoms with Gasteiger partial charge in [0.15, 0.2) is 0 Å². The Balaban J connectivity index is 1.67. The van der Waals surface area contributed by atoms with Crippen molar-refractivity contribution in [2.45, 2.75) is 26.3 Å². The number of nitrogens with zero attached hydrogens (tertiary/aromatic N) is 1. The van der Waals surface area contributed by atoms with Gasteiger partial charge in [-0.05, 0) is 35.7 Å². The first-order chi connectivity index (χ1) is 11.5. The molecule has 0 saturated heterocycles. The van der Waals surface area contributed by atoms with Crippen molar-refractivity contribution >= 4 is 33.1 Å². The molecule has 0 saturated carbocycles. The van der Waals surface area contributed by atoms with E-state index >= 15 is 0 Å². The molecule has 124 valence electrons. The summed E-state index contributed by atoms with van der Waals surface area (Å²) in [5.74, 6) is -0.0350. The molecule has 1 aromatic heterocycles. The van der Waals surface area contributed by atoms with Gasteiger partial charge in [-0.3, -0.25) is 4.79 Å². The lowest BCUT2D eigenvalue weighted by Gasteiger charge is -2.15. The molecular weight excluding hydrogens is 318 g/mol. The average molecular weight is 339 g/mol. The summed E-state index contributed by atoms with van der Waals surface area (Å²) in [4.78, 5) is 16.6. The first-order valence-electron chi connectivity index (χ1n) is 8.03. The molecule has 0 aliphatic heterocycles. The summed E-state index contributed by atoms with van der Waals surface area (Å²) < 4.78 is 1.21. The molecule has 0 fully saturated rings. The number of anilines is 1. The van der Waals surface area contributed by atoms with Gasteiger partial charge >= 0.3 is 0 Å². The maximum absolute atomic E-state index is 12.0. The van der Waals surface area contributed by atoms with Crippen molar-refractivity contribution in [2.24, 2.45) is 11.7 Å². The highest BCUT2D eigenvalue weighted by Gasteiger charge is 2.17. The predicted molar refractivity (Wildman–Crippen MR) is 100 cm³/mol. The van der Waals surface area contributed by atoms with Crippen LogP contribution >= 0.6 is 11.3 Å². The maximum Gasteiger partial charge on any atom is 0.241 e. The molecular formula is C19H21N3OS. The van der Waals surface area contributed by atoms with Crippen molar-refractivity contribution in [2.75, 3.05) is 5.32 Å². The van der Waals surface area contributed by atoms with Crippen LogP contribution in [0.15, 0.2) is 48.5 Å². The largest absolute Gasteiger partial charge is 0.325 e. The van der Waals surface area contributed by atoms with Crippen molar-refractivity contribution in [3.05, 3.63) is 59.1 Å². The number of hydrogen-bond donors (Lipinski definition) is 2. The van der Waals surface area contributed by atoms with Crippen LogP contribution in [-0.2, 0) is 11.2 Å². The van der Waals surface area contributed by atoms with E-state index in [-0.39, 0.29) is 11.8 Å². The standard InChI is InChI=1S/C19H21N3OS/c1-12(2)18(20)19(23)21-14-9-7-13(8-10-14)11-17-22-15-5-3-4-6-16(15)24-17/h3-10,12,18H,11,20H2,1-2H3,(H,21,23)/t18-/m0/s1. The third-order valence-corrected chi connectivity index (χ3v) is 4.97. The molecule has 0 unspecified atom stereocenters. The molecule has 0 aliphatic carbocycles.